The highest BCUT2D eigenvalue weighted by Crippen LogP contribution is 2.37. The van der Waals surface area contributed by atoms with Crippen LogP contribution in [0.15, 0.2) is 0 Å². The number of carbonyl (C=O) groups excluding carboxylic acids is 1. The van der Waals surface area contributed by atoms with Crippen LogP contribution in [-0.2, 0) is 13.9 Å². The van der Waals surface area contributed by atoms with Crippen molar-refractivity contribution >= 4 is 13.6 Å². The van der Waals surface area contributed by atoms with Crippen LogP contribution in [0.2, 0.25) is 0 Å². The Morgan fingerprint density at radius 1 is 1.18 bits per heavy atom. The summed E-state index contributed by atoms with van der Waals surface area (Å²) in [6.07, 6.45) is -9.05. The molecule has 7 N–H and O–H groups in total. The first-order valence-corrected chi connectivity index (χ1v) is 5.74. The largest absolute Gasteiger partial charge is 0.472 e. The Bertz CT molecular complexity index is 299. The topological polar surface area (TPSA) is 185 Å². The monoisotopic (exact) mass is 276 g/mol. The first-order chi connectivity index (χ1) is 7.60. The number of aliphatic hydroxyl groups excluding tert-OH is 5. The van der Waals surface area contributed by atoms with E-state index < -0.39 is 44.8 Å². The Labute approximate surface area is 94.9 Å². The average molecular weight is 276 g/mol. The SMILES string of the molecule is O=C(C(O)OP(=O)(O)O)[C@@H](O)[C@@H](O)[C@H](O)CO. The summed E-state index contributed by atoms with van der Waals surface area (Å²) in [5, 5.41) is 44.3. The van der Waals surface area contributed by atoms with Crippen LogP contribution in [0.1, 0.15) is 0 Å². The lowest BCUT2D eigenvalue weighted by Crippen LogP contribution is -2.47. The van der Waals surface area contributed by atoms with Gasteiger partial charge in [0, 0.05) is 0 Å². The molecule has 0 heterocycles. The highest BCUT2D eigenvalue weighted by Gasteiger charge is 2.36. The normalized spacial score (nSPS) is 19.5. The van der Waals surface area contributed by atoms with Crippen LogP contribution in [-0.4, -0.2) is 72.3 Å². The highest BCUT2D eigenvalue weighted by atomic mass is 31.2. The minimum Gasteiger partial charge on any atom is -0.394 e. The van der Waals surface area contributed by atoms with Crippen molar-refractivity contribution in [3.63, 3.8) is 0 Å². The lowest BCUT2D eigenvalue weighted by molar-refractivity contribution is -0.163. The summed E-state index contributed by atoms with van der Waals surface area (Å²) in [5.74, 6) is -1.67. The molecule has 1 unspecified atom stereocenters. The van der Waals surface area contributed by atoms with Crippen molar-refractivity contribution in [3.05, 3.63) is 0 Å². The van der Waals surface area contributed by atoms with Gasteiger partial charge in [0.15, 0.2) is 0 Å². The van der Waals surface area contributed by atoms with Gasteiger partial charge in [0.25, 0.3) is 0 Å². The molecule has 4 atom stereocenters. The molecule has 0 saturated carbocycles. The highest BCUT2D eigenvalue weighted by molar-refractivity contribution is 7.46. The van der Waals surface area contributed by atoms with Gasteiger partial charge in [-0.25, -0.2) is 9.09 Å². The summed E-state index contributed by atoms with van der Waals surface area (Å²) in [6, 6.07) is 0. The number of phosphoric acid groups is 1. The molecule has 0 bridgehead atoms. The number of ketones is 1. The van der Waals surface area contributed by atoms with Crippen molar-refractivity contribution in [1.82, 2.24) is 0 Å². The summed E-state index contributed by atoms with van der Waals surface area (Å²) in [5.41, 5.74) is 0. The van der Waals surface area contributed by atoms with Crippen molar-refractivity contribution in [2.75, 3.05) is 6.61 Å². The van der Waals surface area contributed by atoms with E-state index in [1.54, 1.807) is 0 Å². The first kappa shape index (κ1) is 16.6. The number of rotatable bonds is 7. The molecule has 0 spiro atoms. The van der Waals surface area contributed by atoms with E-state index >= 15 is 0 Å². The van der Waals surface area contributed by atoms with E-state index in [0.717, 1.165) is 0 Å². The molecule has 0 aromatic carbocycles. The van der Waals surface area contributed by atoms with Gasteiger partial charge in [-0.05, 0) is 0 Å². The predicted octanol–water partition coefficient (Wildman–Crippen LogP) is -3.94. The molecular formula is C6H13O10P. The number of hydrogen-bond donors (Lipinski definition) is 7. The third-order valence-corrected chi connectivity index (χ3v) is 2.15. The maximum atomic E-state index is 11.1. The van der Waals surface area contributed by atoms with Gasteiger partial charge < -0.3 is 35.3 Å². The maximum Gasteiger partial charge on any atom is 0.472 e. The third kappa shape index (κ3) is 5.64. The summed E-state index contributed by atoms with van der Waals surface area (Å²) >= 11 is 0. The fourth-order valence-corrected chi connectivity index (χ4v) is 1.18. The smallest absolute Gasteiger partial charge is 0.394 e. The van der Waals surface area contributed by atoms with Crippen molar-refractivity contribution < 1.29 is 49.2 Å². The van der Waals surface area contributed by atoms with E-state index in [1.807, 2.05) is 0 Å². The summed E-state index contributed by atoms with van der Waals surface area (Å²) in [4.78, 5) is 27.6. The van der Waals surface area contributed by atoms with Gasteiger partial charge in [0.05, 0.1) is 6.61 Å². The molecule has 0 aliphatic heterocycles. The fraction of sp³-hybridized carbons (Fsp3) is 0.833. The van der Waals surface area contributed by atoms with Crippen molar-refractivity contribution in [1.29, 1.82) is 0 Å². The van der Waals surface area contributed by atoms with E-state index in [1.165, 1.54) is 0 Å². The lowest BCUT2D eigenvalue weighted by Gasteiger charge is -2.22. The molecule has 10 nitrogen and oxygen atoms in total. The van der Waals surface area contributed by atoms with E-state index in [4.69, 9.17) is 35.3 Å². The molecule has 17 heavy (non-hydrogen) atoms. The number of Topliss-reactive ketones (excluding diaryl/α,β-unsaturated/α-hetero) is 1. The second-order valence-corrected chi connectivity index (χ2v) is 4.23. The number of hydrogen-bond acceptors (Lipinski definition) is 8. The molecule has 0 aromatic heterocycles. The third-order valence-electron chi connectivity index (χ3n) is 1.68. The molecule has 0 aliphatic carbocycles. The van der Waals surface area contributed by atoms with Crippen LogP contribution in [0, 0.1) is 0 Å². The van der Waals surface area contributed by atoms with E-state index in [2.05, 4.69) is 4.52 Å². The summed E-state index contributed by atoms with van der Waals surface area (Å²) < 4.78 is 13.8. The molecule has 0 radical (unpaired) electrons. The molecule has 0 rings (SSSR count). The van der Waals surface area contributed by atoms with Gasteiger partial charge in [-0.15, -0.1) is 0 Å². The molecular weight excluding hydrogens is 263 g/mol. The number of carbonyl (C=O) groups is 1. The van der Waals surface area contributed by atoms with Crippen LogP contribution in [0.5, 0.6) is 0 Å². The van der Waals surface area contributed by atoms with Crippen molar-refractivity contribution in [2.24, 2.45) is 0 Å². The maximum absolute atomic E-state index is 11.1. The van der Waals surface area contributed by atoms with Crippen molar-refractivity contribution in [2.45, 2.75) is 24.6 Å². The van der Waals surface area contributed by atoms with Gasteiger partial charge in [0.2, 0.25) is 12.1 Å². The van der Waals surface area contributed by atoms with E-state index in [-0.39, 0.29) is 0 Å². The van der Waals surface area contributed by atoms with Crippen LogP contribution in [0.25, 0.3) is 0 Å². The average Bonchev–Trinajstić information content (AvgIpc) is 2.22. The zero-order chi connectivity index (χ0) is 13.8. The molecule has 0 fully saturated rings. The van der Waals surface area contributed by atoms with Crippen LogP contribution < -0.4 is 0 Å². The quantitative estimate of drug-likeness (QED) is 0.179. The summed E-state index contributed by atoms with van der Waals surface area (Å²) in [7, 11) is -5.15. The molecule has 102 valence electrons. The van der Waals surface area contributed by atoms with E-state index in [9.17, 15) is 9.36 Å². The second kappa shape index (κ2) is 6.50. The number of aliphatic hydroxyl groups is 5. The van der Waals surface area contributed by atoms with E-state index in [0.29, 0.717) is 0 Å². The minimum absolute atomic E-state index is 0.971. The molecule has 0 amide bonds. The Hall–Kier alpha value is -0.420. The van der Waals surface area contributed by atoms with Crippen LogP contribution >= 0.6 is 7.82 Å². The first-order valence-electron chi connectivity index (χ1n) is 4.21. The minimum atomic E-state index is -5.15. The Balaban J connectivity index is 4.54. The Morgan fingerprint density at radius 3 is 2.00 bits per heavy atom. The number of phosphoric ester groups is 1. The van der Waals surface area contributed by atoms with Crippen LogP contribution in [0.4, 0.5) is 0 Å². The molecule has 0 aromatic rings. The zero-order valence-electron chi connectivity index (χ0n) is 8.32. The van der Waals surface area contributed by atoms with Gasteiger partial charge in [-0.2, -0.15) is 0 Å². The Morgan fingerprint density at radius 2 is 1.65 bits per heavy atom. The van der Waals surface area contributed by atoms with Gasteiger partial charge >= 0.3 is 7.82 Å². The fourth-order valence-electron chi connectivity index (χ4n) is 0.815. The Kier molecular flexibility index (Phi) is 6.34. The van der Waals surface area contributed by atoms with Gasteiger partial charge in [-0.3, -0.25) is 4.79 Å². The molecule has 11 heteroatoms. The van der Waals surface area contributed by atoms with Crippen LogP contribution in [0.3, 0.4) is 0 Å². The summed E-state index contributed by atoms with van der Waals surface area (Å²) in [6.45, 7) is -0.971. The predicted molar refractivity (Wildman–Crippen MR) is 49.2 cm³/mol. The molecule has 0 aliphatic rings. The van der Waals surface area contributed by atoms with Crippen molar-refractivity contribution in [3.8, 4) is 0 Å². The second-order valence-electron chi connectivity index (χ2n) is 3.04. The zero-order valence-corrected chi connectivity index (χ0v) is 9.21. The molecule has 0 saturated heterocycles. The van der Waals surface area contributed by atoms with Gasteiger partial charge in [-0.1, -0.05) is 0 Å². The standard InChI is InChI=1S/C6H13O10P/c7-1-2(8)3(9)4(10)5(11)6(12)16-17(13,14)15/h2-4,6-10,12H,1H2,(H2,13,14,15)/t2-,3+,4+,6?/m1/s1. The lowest BCUT2D eigenvalue weighted by atomic mass is 10.0. The van der Waals surface area contributed by atoms with Gasteiger partial charge in [0.1, 0.15) is 18.3 Å².